The van der Waals surface area contributed by atoms with Crippen molar-refractivity contribution >= 4 is 17.7 Å². The first-order valence-electron chi connectivity index (χ1n) is 6.69. The highest BCUT2D eigenvalue weighted by Crippen LogP contribution is 2.37. The molecule has 1 aromatic heterocycles. The smallest absolute Gasteiger partial charge is 0.224 e. The Hall–Kier alpha value is -1.81. The zero-order chi connectivity index (χ0) is 13.8. The molecule has 1 aliphatic rings. The summed E-state index contributed by atoms with van der Waals surface area (Å²) in [5, 5.41) is 0.116. The summed E-state index contributed by atoms with van der Waals surface area (Å²) < 4.78 is 0. The van der Waals surface area contributed by atoms with Crippen LogP contribution in [0.25, 0.3) is 0 Å². The molecule has 1 unspecified atom stereocenters. The molecule has 0 aliphatic carbocycles. The van der Waals surface area contributed by atoms with Crippen molar-refractivity contribution in [2.45, 2.75) is 18.3 Å². The summed E-state index contributed by atoms with van der Waals surface area (Å²) in [5.74, 6) is 1.13. The van der Waals surface area contributed by atoms with Gasteiger partial charge >= 0.3 is 0 Å². The second-order valence-corrected chi connectivity index (χ2v) is 5.95. The topological polar surface area (TPSA) is 33.2 Å². The normalized spacial score (nSPS) is 19.1. The van der Waals surface area contributed by atoms with Crippen LogP contribution >= 0.6 is 11.8 Å². The third-order valence-electron chi connectivity index (χ3n) is 3.38. The quantitative estimate of drug-likeness (QED) is 0.867. The molecule has 102 valence electrons. The maximum Gasteiger partial charge on any atom is 0.224 e. The summed E-state index contributed by atoms with van der Waals surface area (Å²) in [6, 6.07) is 14.2. The van der Waals surface area contributed by atoms with Gasteiger partial charge < -0.3 is 4.90 Å². The molecule has 1 saturated heterocycles. The highest BCUT2D eigenvalue weighted by molar-refractivity contribution is 7.99. The Morgan fingerprint density at radius 1 is 1.15 bits per heavy atom. The van der Waals surface area contributed by atoms with E-state index >= 15 is 0 Å². The molecule has 0 bridgehead atoms. The highest BCUT2D eigenvalue weighted by Gasteiger charge is 2.29. The fourth-order valence-corrected chi connectivity index (χ4v) is 3.61. The lowest BCUT2D eigenvalue weighted by Gasteiger charge is -2.35. The first kappa shape index (κ1) is 13.2. The number of amides is 1. The van der Waals surface area contributed by atoms with E-state index in [2.05, 4.69) is 17.1 Å². The molecule has 1 amide bonds. The lowest BCUT2D eigenvalue weighted by molar-refractivity contribution is -0.132. The Kier molecular flexibility index (Phi) is 4.02. The van der Waals surface area contributed by atoms with Crippen LogP contribution in [0.3, 0.4) is 0 Å². The predicted octanol–water partition coefficient (Wildman–Crippen LogP) is 3.25. The van der Waals surface area contributed by atoms with Crippen LogP contribution in [0.2, 0.25) is 0 Å². The van der Waals surface area contributed by atoms with E-state index in [1.54, 1.807) is 12.4 Å². The fraction of sp³-hybridized carbons (Fsp3) is 0.250. The molecule has 0 saturated carbocycles. The molecule has 2 aromatic rings. The molecule has 0 spiro atoms. The number of thioether (sulfide) groups is 1. The molecule has 1 aromatic carbocycles. The van der Waals surface area contributed by atoms with Gasteiger partial charge in [-0.05, 0) is 23.3 Å². The van der Waals surface area contributed by atoms with Crippen molar-refractivity contribution in [3.63, 3.8) is 0 Å². The number of carbonyl (C=O) groups is 1. The van der Waals surface area contributed by atoms with Crippen molar-refractivity contribution in [2.75, 3.05) is 5.75 Å². The van der Waals surface area contributed by atoms with Gasteiger partial charge in [0.1, 0.15) is 5.37 Å². The molecule has 1 aliphatic heterocycles. The fourth-order valence-electron chi connectivity index (χ4n) is 2.37. The minimum atomic E-state index is 0.116. The lowest BCUT2D eigenvalue weighted by atomic mass is 10.1. The standard InChI is InChI=1S/C16H16N2OS/c19-15-8-11-20-16(14-4-2-1-3-5-14)18(15)12-13-6-9-17-10-7-13/h1-7,9-10,16H,8,11-12H2. The molecule has 2 heterocycles. The molecule has 1 atom stereocenters. The molecule has 4 heteroatoms. The Bertz CT molecular complexity index is 574. The Morgan fingerprint density at radius 2 is 1.90 bits per heavy atom. The first-order chi connectivity index (χ1) is 9.84. The summed E-state index contributed by atoms with van der Waals surface area (Å²) >= 11 is 1.84. The number of aromatic nitrogens is 1. The van der Waals surface area contributed by atoms with Crippen molar-refractivity contribution in [3.8, 4) is 0 Å². The zero-order valence-corrected chi connectivity index (χ0v) is 11.9. The summed E-state index contributed by atoms with van der Waals surface area (Å²) in [6.07, 6.45) is 4.17. The second kappa shape index (κ2) is 6.09. The van der Waals surface area contributed by atoms with Gasteiger partial charge in [-0.3, -0.25) is 9.78 Å². The summed E-state index contributed by atoms with van der Waals surface area (Å²) in [7, 11) is 0. The maximum atomic E-state index is 12.3. The van der Waals surface area contributed by atoms with Gasteiger partial charge in [-0.1, -0.05) is 30.3 Å². The van der Waals surface area contributed by atoms with E-state index in [1.165, 1.54) is 5.56 Å². The summed E-state index contributed by atoms with van der Waals surface area (Å²) in [5.41, 5.74) is 2.32. The number of hydrogen-bond donors (Lipinski definition) is 0. The van der Waals surface area contributed by atoms with Gasteiger partial charge in [0.05, 0.1) is 0 Å². The minimum absolute atomic E-state index is 0.116. The molecule has 3 rings (SSSR count). The SMILES string of the molecule is O=C1CCSC(c2ccccc2)N1Cc1ccncc1. The first-order valence-corrected chi connectivity index (χ1v) is 7.74. The third kappa shape index (κ3) is 2.85. The van der Waals surface area contributed by atoms with Crippen molar-refractivity contribution in [2.24, 2.45) is 0 Å². The number of nitrogens with zero attached hydrogens (tertiary/aromatic N) is 2. The van der Waals surface area contributed by atoms with Gasteiger partial charge in [0.15, 0.2) is 0 Å². The highest BCUT2D eigenvalue weighted by atomic mass is 32.2. The number of benzene rings is 1. The van der Waals surface area contributed by atoms with E-state index in [9.17, 15) is 4.79 Å². The number of hydrogen-bond acceptors (Lipinski definition) is 3. The molecular formula is C16H16N2OS. The monoisotopic (exact) mass is 284 g/mol. The maximum absolute atomic E-state index is 12.3. The van der Waals surface area contributed by atoms with E-state index in [1.807, 2.05) is 47.0 Å². The van der Waals surface area contributed by atoms with Crippen LogP contribution in [0, 0.1) is 0 Å². The molecular weight excluding hydrogens is 268 g/mol. The molecule has 1 fully saturated rings. The van der Waals surface area contributed by atoms with Crippen LogP contribution in [-0.2, 0) is 11.3 Å². The van der Waals surface area contributed by atoms with Gasteiger partial charge in [0.25, 0.3) is 0 Å². The number of carbonyl (C=O) groups excluding carboxylic acids is 1. The predicted molar refractivity (Wildman–Crippen MR) is 81.0 cm³/mol. The third-order valence-corrected chi connectivity index (χ3v) is 4.66. The van der Waals surface area contributed by atoms with Crippen molar-refractivity contribution in [1.82, 2.24) is 9.88 Å². The van der Waals surface area contributed by atoms with Gasteiger partial charge in [-0.25, -0.2) is 0 Å². The number of pyridine rings is 1. The minimum Gasteiger partial charge on any atom is -0.322 e. The Balaban J connectivity index is 1.86. The van der Waals surface area contributed by atoms with Crippen molar-refractivity contribution < 1.29 is 4.79 Å². The lowest BCUT2D eigenvalue weighted by Crippen LogP contribution is -2.36. The van der Waals surface area contributed by atoms with Crippen LogP contribution in [0.5, 0.6) is 0 Å². The van der Waals surface area contributed by atoms with E-state index in [-0.39, 0.29) is 11.3 Å². The van der Waals surface area contributed by atoms with E-state index in [0.717, 1.165) is 11.3 Å². The Labute approximate surface area is 123 Å². The average molecular weight is 284 g/mol. The molecule has 0 N–H and O–H groups in total. The second-order valence-electron chi connectivity index (χ2n) is 4.76. The average Bonchev–Trinajstić information content (AvgIpc) is 2.51. The molecule has 20 heavy (non-hydrogen) atoms. The molecule has 0 radical (unpaired) electrons. The van der Waals surface area contributed by atoms with Crippen LogP contribution in [-0.4, -0.2) is 21.5 Å². The van der Waals surface area contributed by atoms with Gasteiger partial charge in [0, 0.05) is 31.1 Å². The van der Waals surface area contributed by atoms with E-state index in [0.29, 0.717) is 13.0 Å². The van der Waals surface area contributed by atoms with Crippen LogP contribution in [0.4, 0.5) is 0 Å². The van der Waals surface area contributed by atoms with Gasteiger partial charge in [0.2, 0.25) is 5.91 Å². The van der Waals surface area contributed by atoms with Gasteiger partial charge in [-0.15, -0.1) is 11.8 Å². The van der Waals surface area contributed by atoms with Crippen molar-refractivity contribution in [3.05, 3.63) is 66.0 Å². The van der Waals surface area contributed by atoms with Gasteiger partial charge in [-0.2, -0.15) is 0 Å². The van der Waals surface area contributed by atoms with Crippen molar-refractivity contribution in [1.29, 1.82) is 0 Å². The summed E-state index contributed by atoms with van der Waals surface area (Å²) in [6.45, 7) is 0.647. The van der Waals surface area contributed by atoms with E-state index < -0.39 is 0 Å². The number of rotatable bonds is 3. The Morgan fingerprint density at radius 3 is 2.65 bits per heavy atom. The summed E-state index contributed by atoms with van der Waals surface area (Å²) in [4.78, 5) is 18.3. The van der Waals surface area contributed by atoms with E-state index in [4.69, 9.17) is 0 Å². The largest absolute Gasteiger partial charge is 0.322 e. The van der Waals surface area contributed by atoms with Crippen LogP contribution in [0.1, 0.15) is 22.9 Å². The zero-order valence-electron chi connectivity index (χ0n) is 11.1. The van der Waals surface area contributed by atoms with Crippen LogP contribution < -0.4 is 0 Å². The van der Waals surface area contributed by atoms with Crippen LogP contribution in [0.15, 0.2) is 54.9 Å². The molecule has 3 nitrogen and oxygen atoms in total.